The summed E-state index contributed by atoms with van der Waals surface area (Å²) in [5.41, 5.74) is 3.98. The van der Waals surface area contributed by atoms with E-state index < -0.39 is 36.7 Å². The lowest BCUT2D eigenvalue weighted by Gasteiger charge is -2.30. The van der Waals surface area contributed by atoms with Gasteiger partial charge in [0, 0.05) is 25.5 Å². The average Bonchev–Trinajstić information content (AvgIpc) is 4.09. The fraction of sp³-hybridized carbons (Fsp3) is 0.432. The Morgan fingerprint density at radius 2 is 1.62 bits per heavy atom. The minimum Gasteiger partial charge on any atom is -0.449 e. The van der Waals surface area contributed by atoms with Crippen LogP contribution in [0.15, 0.2) is 73.2 Å². The van der Waals surface area contributed by atoms with Crippen LogP contribution in [0.3, 0.4) is 0 Å². The Morgan fingerprint density at radius 3 is 2.32 bits per heavy atom. The topological polar surface area (TPSA) is 191 Å². The highest BCUT2D eigenvalue weighted by Gasteiger charge is 2.39. The van der Waals surface area contributed by atoms with Crippen LogP contribution in [0.25, 0.3) is 26.7 Å². The zero-order valence-electron chi connectivity index (χ0n) is 34.3. The number of ketones is 1. The highest BCUT2D eigenvalue weighted by molar-refractivity contribution is 7.20. The van der Waals surface area contributed by atoms with E-state index in [1.54, 1.807) is 40.3 Å². The summed E-state index contributed by atoms with van der Waals surface area (Å²) in [6.45, 7) is 8.12. The molecule has 4 atom stereocenters. The van der Waals surface area contributed by atoms with Gasteiger partial charge in [-0.3, -0.25) is 23.6 Å². The lowest BCUT2D eigenvalue weighted by atomic mass is 10.0. The third-order valence-electron chi connectivity index (χ3n) is 11.0. The van der Waals surface area contributed by atoms with Gasteiger partial charge in [0.05, 0.1) is 47.6 Å². The second-order valence-corrected chi connectivity index (χ2v) is 17.2. The molecule has 4 amide bonds. The Hall–Kier alpha value is -5.87. The fourth-order valence-corrected chi connectivity index (χ4v) is 8.91. The number of H-pyrrole nitrogens is 1. The molecular weight excluding hydrogens is 785 g/mol. The molecule has 2 saturated heterocycles. The summed E-state index contributed by atoms with van der Waals surface area (Å²) in [7, 11) is 0. The van der Waals surface area contributed by atoms with Gasteiger partial charge in [-0.1, -0.05) is 93.6 Å². The molecule has 2 aliphatic heterocycles. The summed E-state index contributed by atoms with van der Waals surface area (Å²) in [4.78, 5) is 83.8. The third kappa shape index (κ3) is 9.44. The van der Waals surface area contributed by atoms with Crippen LogP contribution in [-0.2, 0) is 30.3 Å². The van der Waals surface area contributed by atoms with Crippen LogP contribution in [0.5, 0.6) is 0 Å². The molecule has 2 aromatic carbocycles. The third-order valence-corrected chi connectivity index (χ3v) is 12.0. The number of likely N-dealkylation sites (tertiary alicyclic amines) is 2. The van der Waals surface area contributed by atoms with Crippen molar-refractivity contribution in [3.05, 3.63) is 90.3 Å². The Bertz CT molecular complexity index is 2290. The summed E-state index contributed by atoms with van der Waals surface area (Å²) < 4.78 is 7.24. The van der Waals surface area contributed by atoms with Crippen molar-refractivity contribution in [3.63, 3.8) is 0 Å². The number of aliphatic hydroxyl groups excluding tert-OH is 1. The maximum atomic E-state index is 14.0. The van der Waals surface area contributed by atoms with Crippen LogP contribution in [-0.4, -0.2) is 102 Å². The zero-order valence-corrected chi connectivity index (χ0v) is 35.1. The van der Waals surface area contributed by atoms with Gasteiger partial charge in [-0.15, -0.1) is 0 Å². The van der Waals surface area contributed by atoms with Gasteiger partial charge in [-0.05, 0) is 54.2 Å². The number of fused-ring (bicyclic) bond motifs is 1. The highest BCUT2D eigenvalue weighted by Crippen LogP contribution is 2.34. The van der Waals surface area contributed by atoms with E-state index in [2.05, 4.69) is 20.6 Å². The Morgan fingerprint density at radius 1 is 0.900 bits per heavy atom. The van der Waals surface area contributed by atoms with Crippen molar-refractivity contribution >= 4 is 45.9 Å². The van der Waals surface area contributed by atoms with Crippen LogP contribution >= 0.6 is 11.3 Å². The number of carbonyl (C=O) groups excluding carboxylic acids is 5. The molecule has 0 bridgehead atoms. The molecule has 2 aliphatic rings. The first kappa shape index (κ1) is 42.3. The van der Waals surface area contributed by atoms with E-state index in [0.29, 0.717) is 43.0 Å². The number of nitrogens with one attached hydrogen (secondary N) is 3. The molecule has 0 spiro atoms. The summed E-state index contributed by atoms with van der Waals surface area (Å²) >= 11 is 1.51. The number of thiazole rings is 1. The second kappa shape index (κ2) is 18.6. The maximum Gasteiger partial charge on any atom is 0.408 e. The molecule has 5 heterocycles. The van der Waals surface area contributed by atoms with Crippen molar-refractivity contribution in [2.24, 2.45) is 11.8 Å². The predicted molar refractivity (Wildman–Crippen MR) is 226 cm³/mol. The highest BCUT2D eigenvalue weighted by atomic mass is 32.1. The summed E-state index contributed by atoms with van der Waals surface area (Å²) in [5.74, 6) is -0.536. The van der Waals surface area contributed by atoms with E-state index in [1.807, 2.05) is 74.8 Å². The molecule has 316 valence electrons. The molecule has 0 radical (unpaired) electrons. The number of ether oxygens (including phenoxy) is 1. The van der Waals surface area contributed by atoms with Crippen molar-refractivity contribution in [1.82, 2.24) is 39.8 Å². The predicted octanol–water partition coefficient (Wildman–Crippen LogP) is 5.48. The molecule has 2 fully saturated rings. The number of imidazole rings is 2. The molecule has 60 heavy (non-hydrogen) atoms. The molecule has 0 saturated carbocycles. The number of aliphatic hydroxyl groups is 1. The van der Waals surface area contributed by atoms with Gasteiger partial charge in [0.1, 0.15) is 24.5 Å². The van der Waals surface area contributed by atoms with Crippen LogP contribution < -0.4 is 10.6 Å². The molecule has 0 aliphatic carbocycles. The van der Waals surface area contributed by atoms with Crippen molar-refractivity contribution in [3.8, 4) is 21.7 Å². The SMILES string of the molecule is CC(C)COC(=O)N[C@@H](C(=O)N1CCC[C@H]1C(=O)Cc1cn2cc(-c3ccc(-c4cnc([C@@H]5CCCN5C(=O)[C@@H](NC(=O)CO)C(C)C)[nH]4)cc3)sc2n1)c1ccccc1. The van der Waals surface area contributed by atoms with E-state index in [0.717, 1.165) is 39.5 Å². The first-order chi connectivity index (χ1) is 28.9. The average molecular weight is 837 g/mol. The number of alkyl carbamates (subject to hydrolysis) is 1. The van der Waals surface area contributed by atoms with Gasteiger partial charge in [-0.25, -0.2) is 14.8 Å². The molecule has 5 aromatic rings. The number of benzene rings is 2. The number of hydrogen-bond donors (Lipinski definition) is 4. The molecule has 4 N–H and O–H groups in total. The van der Waals surface area contributed by atoms with Crippen LogP contribution in [0.2, 0.25) is 0 Å². The zero-order chi connectivity index (χ0) is 42.5. The standard InChI is InChI=1S/C44H52N8O7S/c1-26(2)25-59-44(58)49-39(30-10-6-5-7-11-30)42(57)51-18-8-12-33(51)35(54)20-31-22-50-23-36(60-43(50)46-31)29-16-14-28(15-17-29)32-21-45-40(47-32)34-13-9-19-52(34)41(56)38(27(3)4)48-37(55)24-53/h5-7,10-11,14-17,21-23,26-27,33-34,38-39,53H,8-9,12-13,18-20,24-25H2,1-4H3,(H,45,47)(H,48,55)(H,49,58)/t33-,34-,38-,39+/m0/s1. The minimum atomic E-state index is -0.985. The van der Waals surface area contributed by atoms with Gasteiger partial charge in [-0.2, -0.15) is 0 Å². The minimum absolute atomic E-state index is 0.0737. The van der Waals surface area contributed by atoms with Crippen molar-refractivity contribution in [2.45, 2.75) is 84.0 Å². The van der Waals surface area contributed by atoms with Gasteiger partial charge in [0.25, 0.3) is 5.91 Å². The van der Waals surface area contributed by atoms with E-state index in [-0.39, 0.29) is 48.5 Å². The molecule has 15 nitrogen and oxygen atoms in total. The summed E-state index contributed by atoms with van der Waals surface area (Å²) in [5, 5.41) is 14.6. The molecule has 16 heteroatoms. The van der Waals surface area contributed by atoms with Crippen LogP contribution in [0.4, 0.5) is 4.79 Å². The Kier molecular flexibility index (Phi) is 13.1. The van der Waals surface area contributed by atoms with E-state index in [1.165, 1.54) is 11.3 Å². The lowest BCUT2D eigenvalue weighted by molar-refractivity contribution is -0.139. The Labute approximate surface area is 352 Å². The first-order valence-corrected chi connectivity index (χ1v) is 21.4. The number of amides is 4. The monoisotopic (exact) mass is 836 g/mol. The van der Waals surface area contributed by atoms with E-state index in [9.17, 15) is 29.1 Å². The van der Waals surface area contributed by atoms with Crippen LogP contribution in [0.1, 0.15) is 82.5 Å². The maximum absolute atomic E-state index is 14.0. The van der Waals surface area contributed by atoms with Gasteiger partial charge in [0.15, 0.2) is 10.7 Å². The molecule has 0 unspecified atom stereocenters. The number of rotatable bonds is 15. The summed E-state index contributed by atoms with van der Waals surface area (Å²) in [6.07, 6.45) is 7.79. The number of Topliss-reactive ketones (excluding diaryl/α,β-unsaturated/α-hetero) is 1. The first-order valence-electron chi connectivity index (χ1n) is 20.5. The quantitative estimate of drug-likeness (QED) is 0.106. The van der Waals surface area contributed by atoms with Gasteiger partial charge in [0.2, 0.25) is 11.8 Å². The largest absolute Gasteiger partial charge is 0.449 e. The van der Waals surface area contributed by atoms with Gasteiger partial charge < -0.3 is 35.3 Å². The smallest absolute Gasteiger partial charge is 0.408 e. The Balaban J connectivity index is 0.986. The number of aromatic amines is 1. The van der Waals surface area contributed by atoms with Crippen molar-refractivity contribution in [2.75, 3.05) is 26.3 Å². The number of aromatic nitrogens is 4. The van der Waals surface area contributed by atoms with E-state index >= 15 is 0 Å². The van der Waals surface area contributed by atoms with Crippen molar-refractivity contribution < 1.29 is 33.8 Å². The molecule has 7 rings (SSSR count). The van der Waals surface area contributed by atoms with Crippen molar-refractivity contribution in [1.29, 1.82) is 0 Å². The molecular formula is C44H52N8O7S. The number of carbonyl (C=O) groups is 5. The van der Waals surface area contributed by atoms with E-state index in [4.69, 9.17) is 9.72 Å². The lowest BCUT2D eigenvalue weighted by Crippen LogP contribution is -2.51. The second-order valence-electron chi connectivity index (χ2n) is 16.2. The summed E-state index contributed by atoms with van der Waals surface area (Å²) in [6, 6.07) is 14.5. The molecule has 3 aromatic heterocycles. The number of nitrogens with zero attached hydrogens (tertiary/aromatic N) is 5. The fourth-order valence-electron chi connectivity index (χ4n) is 7.92. The normalized spacial score (nSPS) is 17.6. The van der Waals surface area contributed by atoms with Gasteiger partial charge >= 0.3 is 6.09 Å². The van der Waals surface area contributed by atoms with Crippen LogP contribution in [0, 0.1) is 11.8 Å². The number of hydrogen-bond acceptors (Lipinski definition) is 10.